The van der Waals surface area contributed by atoms with E-state index in [4.69, 9.17) is 0 Å². The monoisotopic (exact) mass is 268 g/mol. The van der Waals surface area contributed by atoms with Crippen LogP contribution in [0.15, 0.2) is 36.5 Å². The van der Waals surface area contributed by atoms with Gasteiger partial charge in [0.2, 0.25) is 0 Å². The number of ketones is 1. The number of nitrogens with zero attached hydrogens (tertiary/aromatic N) is 1. The number of Topliss-reactive ketones (excluding diaryl/α,β-unsaturated/α-hetero) is 1. The molecule has 0 bridgehead atoms. The summed E-state index contributed by atoms with van der Waals surface area (Å²) in [5.74, 6) is 0.216. The topological polar surface area (TPSA) is 59.1 Å². The van der Waals surface area contributed by atoms with Crippen LogP contribution in [0, 0.1) is 0 Å². The molecule has 0 atom stereocenters. The Bertz CT molecular complexity index is 651. The first-order chi connectivity index (χ1) is 9.74. The number of amides is 1. The second-order valence-electron chi connectivity index (χ2n) is 5.16. The van der Waals surface area contributed by atoms with Crippen LogP contribution in [0.4, 0.5) is 0 Å². The van der Waals surface area contributed by atoms with Gasteiger partial charge in [-0.05, 0) is 31.0 Å². The summed E-state index contributed by atoms with van der Waals surface area (Å²) in [4.78, 5) is 27.9. The number of aromatic nitrogens is 1. The van der Waals surface area contributed by atoms with Crippen molar-refractivity contribution in [2.75, 3.05) is 0 Å². The lowest BCUT2D eigenvalue weighted by Gasteiger charge is -2.22. The van der Waals surface area contributed by atoms with Gasteiger partial charge in [0.15, 0.2) is 0 Å². The van der Waals surface area contributed by atoms with E-state index in [1.807, 2.05) is 30.3 Å². The van der Waals surface area contributed by atoms with Crippen LogP contribution in [0.1, 0.15) is 36.0 Å². The molecule has 1 aliphatic carbocycles. The molecule has 1 N–H and O–H groups in total. The van der Waals surface area contributed by atoms with Gasteiger partial charge in [0.25, 0.3) is 5.91 Å². The van der Waals surface area contributed by atoms with Crippen LogP contribution in [-0.4, -0.2) is 22.7 Å². The van der Waals surface area contributed by atoms with Gasteiger partial charge in [-0.25, -0.2) is 0 Å². The third-order valence-corrected chi connectivity index (χ3v) is 3.77. The van der Waals surface area contributed by atoms with Crippen LogP contribution >= 0.6 is 0 Å². The Morgan fingerprint density at radius 3 is 2.75 bits per heavy atom. The van der Waals surface area contributed by atoms with E-state index in [-0.39, 0.29) is 11.9 Å². The molecular weight excluding hydrogens is 252 g/mol. The Morgan fingerprint density at radius 2 is 1.95 bits per heavy atom. The smallest absolute Gasteiger partial charge is 0.252 e. The Hall–Kier alpha value is -2.23. The Morgan fingerprint density at radius 1 is 1.15 bits per heavy atom. The minimum absolute atomic E-state index is 0.0806. The van der Waals surface area contributed by atoms with E-state index in [1.54, 1.807) is 6.20 Å². The standard InChI is InChI=1S/C16H16N2O2/c19-12-8-6-11(7-9-12)18-16(20)14-3-1-5-15-13(14)4-2-10-17-15/h1-5,10-11H,6-9H2,(H,18,20). The zero-order valence-electron chi connectivity index (χ0n) is 11.1. The molecule has 20 heavy (non-hydrogen) atoms. The normalized spacial score (nSPS) is 16.3. The number of carbonyl (C=O) groups excluding carboxylic acids is 2. The largest absolute Gasteiger partial charge is 0.349 e. The van der Waals surface area contributed by atoms with E-state index in [9.17, 15) is 9.59 Å². The van der Waals surface area contributed by atoms with Crippen LogP contribution < -0.4 is 5.32 Å². The predicted molar refractivity (Wildman–Crippen MR) is 76.5 cm³/mol. The second kappa shape index (κ2) is 5.41. The van der Waals surface area contributed by atoms with Gasteiger partial charge in [-0.3, -0.25) is 14.6 Å². The summed E-state index contributed by atoms with van der Waals surface area (Å²) < 4.78 is 0. The molecule has 1 aromatic carbocycles. The lowest BCUT2D eigenvalue weighted by molar-refractivity contribution is -0.120. The molecule has 4 nitrogen and oxygen atoms in total. The highest BCUT2D eigenvalue weighted by molar-refractivity contribution is 6.06. The summed E-state index contributed by atoms with van der Waals surface area (Å²) in [5.41, 5.74) is 1.46. The van der Waals surface area contributed by atoms with Gasteiger partial charge in [0.05, 0.1) is 5.52 Å². The molecule has 2 aromatic rings. The van der Waals surface area contributed by atoms with Crippen molar-refractivity contribution in [3.05, 3.63) is 42.1 Å². The fourth-order valence-corrected chi connectivity index (χ4v) is 2.65. The van der Waals surface area contributed by atoms with Crippen molar-refractivity contribution in [3.63, 3.8) is 0 Å². The van der Waals surface area contributed by atoms with Crippen molar-refractivity contribution in [2.24, 2.45) is 0 Å². The average Bonchev–Trinajstić information content (AvgIpc) is 2.49. The van der Waals surface area contributed by atoms with Gasteiger partial charge in [-0.2, -0.15) is 0 Å². The second-order valence-corrected chi connectivity index (χ2v) is 5.16. The van der Waals surface area contributed by atoms with Crippen LogP contribution in [-0.2, 0) is 4.79 Å². The molecule has 0 saturated heterocycles. The molecule has 0 unspecified atom stereocenters. The summed E-state index contributed by atoms with van der Waals surface area (Å²) >= 11 is 0. The molecule has 4 heteroatoms. The van der Waals surface area contributed by atoms with Crippen LogP contribution in [0.3, 0.4) is 0 Å². The maximum absolute atomic E-state index is 12.4. The molecule has 1 fully saturated rings. The van der Waals surface area contributed by atoms with Crippen molar-refractivity contribution in [3.8, 4) is 0 Å². The average molecular weight is 268 g/mol. The molecule has 1 aromatic heterocycles. The third-order valence-electron chi connectivity index (χ3n) is 3.77. The molecular formula is C16H16N2O2. The number of carbonyl (C=O) groups is 2. The van der Waals surface area contributed by atoms with Gasteiger partial charge in [0, 0.05) is 36.0 Å². The van der Waals surface area contributed by atoms with Gasteiger partial charge in [0.1, 0.15) is 5.78 Å². The van der Waals surface area contributed by atoms with Crippen molar-refractivity contribution in [1.29, 1.82) is 0 Å². The highest BCUT2D eigenvalue weighted by Crippen LogP contribution is 2.19. The SMILES string of the molecule is O=C1CCC(NC(=O)c2cccc3ncccc23)CC1. The summed E-state index contributed by atoms with van der Waals surface area (Å²) in [6.45, 7) is 0. The van der Waals surface area contributed by atoms with E-state index in [2.05, 4.69) is 10.3 Å². The van der Waals surface area contributed by atoms with Crippen LogP contribution in [0.5, 0.6) is 0 Å². The Balaban J connectivity index is 1.80. The summed E-state index contributed by atoms with van der Waals surface area (Å²) in [6, 6.07) is 9.39. The molecule has 3 rings (SSSR count). The first kappa shape index (κ1) is 12.8. The third kappa shape index (κ3) is 2.54. The maximum atomic E-state index is 12.4. The highest BCUT2D eigenvalue weighted by atomic mass is 16.1. The summed E-state index contributed by atoms with van der Waals surface area (Å²) in [5, 5.41) is 3.89. The number of fused-ring (bicyclic) bond motifs is 1. The summed E-state index contributed by atoms with van der Waals surface area (Å²) in [6.07, 6.45) is 4.35. The molecule has 0 spiro atoms. The Labute approximate surface area is 117 Å². The van der Waals surface area contributed by atoms with E-state index in [1.165, 1.54) is 0 Å². The van der Waals surface area contributed by atoms with E-state index in [0.29, 0.717) is 24.2 Å². The van der Waals surface area contributed by atoms with Crippen molar-refractivity contribution in [2.45, 2.75) is 31.7 Å². The predicted octanol–water partition coefficient (Wildman–Crippen LogP) is 2.48. The van der Waals surface area contributed by atoms with Crippen LogP contribution in [0.25, 0.3) is 10.9 Å². The van der Waals surface area contributed by atoms with Gasteiger partial charge >= 0.3 is 0 Å². The number of pyridine rings is 1. The molecule has 1 saturated carbocycles. The van der Waals surface area contributed by atoms with Crippen LogP contribution in [0.2, 0.25) is 0 Å². The number of benzene rings is 1. The molecule has 0 aliphatic heterocycles. The van der Waals surface area contributed by atoms with Gasteiger partial charge in [-0.15, -0.1) is 0 Å². The Kier molecular flexibility index (Phi) is 3.46. The van der Waals surface area contributed by atoms with Gasteiger partial charge < -0.3 is 5.32 Å². The number of hydrogen-bond acceptors (Lipinski definition) is 3. The molecule has 0 radical (unpaired) electrons. The number of hydrogen-bond donors (Lipinski definition) is 1. The first-order valence-corrected chi connectivity index (χ1v) is 6.90. The lowest BCUT2D eigenvalue weighted by atomic mass is 9.94. The molecule has 102 valence electrons. The molecule has 1 heterocycles. The first-order valence-electron chi connectivity index (χ1n) is 6.90. The number of nitrogens with one attached hydrogen (secondary N) is 1. The zero-order valence-corrected chi connectivity index (χ0v) is 11.1. The fraction of sp³-hybridized carbons (Fsp3) is 0.312. The van der Waals surface area contributed by atoms with Gasteiger partial charge in [-0.1, -0.05) is 12.1 Å². The minimum atomic E-state index is -0.0806. The quantitative estimate of drug-likeness (QED) is 0.910. The van der Waals surface area contributed by atoms with Crippen molar-refractivity contribution >= 4 is 22.6 Å². The van der Waals surface area contributed by atoms with Crippen molar-refractivity contribution < 1.29 is 9.59 Å². The molecule has 1 amide bonds. The zero-order chi connectivity index (χ0) is 13.9. The minimum Gasteiger partial charge on any atom is -0.349 e. The number of rotatable bonds is 2. The fourth-order valence-electron chi connectivity index (χ4n) is 2.65. The van der Waals surface area contributed by atoms with E-state index in [0.717, 1.165) is 23.7 Å². The summed E-state index contributed by atoms with van der Waals surface area (Å²) in [7, 11) is 0. The maximum Gasteiger partial charge on any atom is 0.252 e. The van der Waals surface area contributed by atoms with Crippen molar-refractivity contribution in [1.82, 2.24) is 10.3 Å². The lowest BCUT2D eigenvalue weighted by Crippen LogP contribution is -2.37. The van der Waals surface area contributed by atoms with E-state index >= 15 is 0 Å². The molecule has 1 aliphatic rings. The highest BCUT2D eigenvalue weighted by Gasteiger charge is 2.21. The van der Waals surface area contributed by atoms with E-state index < -0.39 is 0 Å².